The molecular weight excluding hydrogens is 242 g/mol. The van der Waals surface area contributed by atoms with Crippen LogP contribution in [0.3, 0.4) is 0 Å². The van der Waals surface area contributed by atoms with E-state index < -0.39 is 0 Å². The third-order valence-electron chi connectivity index (χ3n) is 2.45. The summed E-state index contributed by atoms with van der Waals surface area (Å²) >= 11 is 5.78. The van der Waals surface area contributed by atoms with Crippen molar-refractivity contribution >= 4 is 23.2 Å². The maximum Gasteiger partial charge on any atom is 0.153 e. The molecule has 0 amide bonds. The van der Waals surface area contributed by atoms with E-state index in [4.69, 9.17) is 16.3 Å². The van der Waals surface area contributed by atoms with E-state index in [1.807, 2.05) is 10.7 Å². The van der Waals surface area contributed by atoms with Crippen LogP contribution in [0.1, 0.15) is 5.69 Å². The highest BCUT2D eigenvalue weighted by Gasteiger charge is 2.12. The summed E-state index contributed by atoms with van der Waals surface area (Å²) in [6.07, 6.45) is 1.41. The van der Waals surface area contributed by atoms with Gasteiger partial charge in [0.05, 0.1) is 25.5 Å². The summed E-state index contributed by atoms with van der Waals surface area (Å²) in [6, 6.07) is 3.59. The Bertz CT molecular complexity index is 518. The van der Waals surface area contributed by atoms with Crippen molar-refractivity contribution in [1.82, 2.24) is 19.7 Å². The van der Waals surface area contributed by atoms with Gasteiger partial charge in [-0.25, -0.2) is 9.97 Å². The van der Waals surface area contributed by atoms with Crippen LogP contribution in [0.5, 0.6) is 0 Å². The molecule has 1 aliphatic heterocycles. The van der Waals surface area contributed by atoms with Gasteiger partial charge in [-0.15, -0.1) is 0 Å². The van der Waals surface area contributed by atoms with Gasteiger partial charge in [-0.3, -0.25) is 4.68 Å². The molecular formula is C10H10ClN5O. The van der Waals surface area contributed by atoms with Crippen LogP contribution < -0.4 is 5.32 Å². The Morgan fingerprint density at radius 3 is 3.06 bits per heavy atom. The number of fused-ring (bicyclic) bond motifs is 1. The molecule has 1 aliphatic rings. The molecule has 0 radical (unpaired) electrons. The Labute approximate surface area is 103 Å². The van der Waals surface area contributed by atoms with E-state index >= 15 is 0 Å². The lowest BCUT2D eigenvalue weighted by atomic mass is 10.4. The minimum absolute atomic E-state index is 0.398. The quantitative estimate of drug-likeness (QED) is 0.822. The monoisotopic (exact) mass is 251 g/mol. The smallest absolute Gasteiger partial charge is 0.153 e. The summed E-state index contributed by atoms with van der Waals surface area (Å²) in [7, 11) is 0. The Morgan fingerprint density at radius 2 is 2.24 bits per heavy atom. The third kappa shape index (κ3) is 2.22. The van der Waals surface area contributed by atoms with E-state index in [9.17, 15) is 0 Å². The second kappa shape index (κ2) is 4.31. The Hall–Kier alpha value is -1.66. The topological polar surface area (TPSA) is 64.9 Å². The Morgan fingerprint density at radius 1 is 1.29 bits per heavy atom. The van der Waals surface area contributed by atoms with E-state index in [0.717, 1.165) is 18.1 Å². The van der Waals surface area contributed by atoms with Crippen LogP contribution in [-0.4, -0.2) is 26.4 Å². The molecule has 0 fully saturated rings. The first-order valence-electron chi connectivity index (χ1n) is 5.20. The number of rotatable bonds is 2. The van der Waals surface area contributed by atoms with Crippen LogP contribution in [-0.2, 0) is 17.9 Å². The first kappa shape index (κ1) is 10.5. The zero-order valence-corrected chi connectivity index (χ0v) is 9.68. The second-order valence-electron chi connectivity index (χ2n) is 3.65. The number of aromatic nitrogens is 4. The van der Waals surface area contributed by atoms with Crippen LogP contribution in [0.25, 0.3) is 0 Å². The van der Waals surface area contributed by atoms with Crippen molar-refractivity contribution < 1.29 is 4.74 Å². The van der Waals surface area contributed by atoms with Crippen LogP contribution in [0.2, 0.25) is 5.15 Å². The van der Waals surface area contributed by atoms with E-state index in [-0.39, 0.29) is 0 Å². The first-order chi connectivity index (χ1) is 8.31. The molecule has 0 spiro atoms. The van der Waals surface area contributed by atoms with Crippen molar-refractivity contribution in [2.24, 2.45) is 0 Å². The van der Waals surface area contributed by atoms with Crippen molar-refractivity contribution in [3.63, 3.8) is 0 Å². The predicted octanol–water partition coefficient (Wildman–Crippen LogP) is 1.60. The molecule has 0 bridgehead atoms. The molecule has 7 heteroatoms. The first-order valence-corrected chi connectivity index (χ1v) is 5.58. The lowest BCUT2D eigenvalue weighted by Gasteiger charge is -2.12. The number of nitrogens with one attached hydrogen (secondary N) is 1. The fraction of sp³-hybridized carbons (Fsp3) is 0.300. The largest absolute Gasteiger partial charge is 0.373 e. The van der Waals surface area contributed by atoms with Gasteiger partial charge < -0.3 is 10.1 Å². The molecule has 6 nitrogen and oxygen atoms in total. The molecule has 2 aromatic rings. The van der Waals surface area contributed by atoms with Crippen molar-refractivity contribution in [3.8, 4) is 0 Å². The number of halogens is 1. The highest BCUT2D eigenvalue weighted by Crippen LogP contribution is 2.18. The number of anilines is 2. The maximum atomic E-state index is 5.78. The lowest BCUT2D eigenvalue weighted by molar-refractivity contribution is 0.0801. The highest BCUT2D eigenvalue weighted by molar-refractivity contribution is 6.29. The van der Waals surface area contributed by atoms with Gasteiger partial charge in [-0.1, -0.05) is 11.6 Å². The number of hydrogen-bond donors (Lipinski definition) is 1. The molecule has 0 saturated carbocycles. The van der Waals surface area contributed by atoms with Crippen molar-refractivity contribution in [3.05, 3.63) is 29.3 Å². The fourth-order valence-electron chi connectivity index (χ4n) is 1.69. The summed E-state index contributed by atoms with van der Waals surface area (Å²) in [5, 5.41) is 7.87. The van der Waals surface area contributed by atoms with Crippen LogP contribution in [0, 0.1) is 0 Å². The van der Waals surface area contributed by atoms with Gasteiger partial charge in [0.25, 0.3) is 0 Å². The van der Waals surface area contributed by atoms with Gasteiger partial charge in [0.2, 0.25) is 0 Å². The summed E-state index contributed by atoms with van der Waals surface area (Å²) in [6.45, 7) is 2.08. The van der Waals surface area contributed by atoms with E-state index in [1.54, 1.807) is 6.07 Å². The molecule has 0 aromatic carbocycles. The van der Waals surface area contributed by atoms with Crippen LogP contribution >= 0.6 is 11.6 Å². The van der Waals surface area contributed by atoms with Gasteiger partial charge in [0.1, 0.15) is 17.3 Å². The van der Waals surface area contributed by atoms with Crippen LogP contribution in [0.4, 0.5) is 11.6 Å². The van der Waals surface area contributed by atoms with Gasteiger partial charge in [0.15, 0.2) is 5.82 Å². The maximum absolute atomic E-state index is 5.78. The zero-order valence-electron chi connectivity index (χ0n) is 8.93. The Kier molecular flexibility index (Phi) is 2.66. The van der Waals surface area contributed by atoms with Gasteiger partial charge >= 0.3 is 0 Å². The van der Waals surface area contributed by atoms with Gasteiger partial charge in [0, 0.05) is 12.1 Å². The number of hydrogen-bond acceptors (Lipinski definition) is 5. The summed E-state index contributed by atoms with van der Waals surface area (Å²) in [5.41, 5.74) is 1.05. The van der Waals surface area contributed by atoms with Crippen molar-refractivity contribution in [1.29, 1.82) is 0 Å². The van der Waals surface area contributed by atoms with Crippen molar-refractivity contribution in [2.45, 2.75) is 13.2 Å². The fourth-order valence-corrected chi connectivity index (χ4v) is 1.83. The minimum atomic E-state index is 0.398. The third-order valence-corrected chi connectivity index (χ3v) is 2.66. The molecule has 88 valence electrons. The average Bonchev–Trinajstić information content (AvgIpc) is 2.71. The zero-order chi connectivity index (χ0) is 11.7. The SMILES string of the molecule is Clc1cc(Nc2cc3n(n2)CCOC3)ncn1. The molecule has 0 aliphatic carbocycles. The summed E-state index contributed by atoms with van der Waals surface area (Å²) in [5.74, 6) is 1.36. The summed E-state index contributed by atoms with van der Waals surface area (Å²) < 4.78 is 7.27. The van der Waals surface area contributed by atoms with E-state index in [2.05, 4.69) is 20.4 Å². The molecule has 0 unspecified atom stereocenters. The van der Waals surface area contributed by atoms with E-state index in [0.29, 0.717) is 24.2 Å². The Balaban J connectivity index is 1.83. The number of nitrogens with zero attached hydrogens (tertiary/aromatic N) is 4. The average molecular weight is 252 g/mol. The second-order valence-corrected chi connectivity index (χ2v) is 4.03. The normalized spacial score (nSPS) is 14.4. The molecule has 3 rings (SSSR count). The standard InChI is InChI=1S/C10H10ClN5O/c11-8-4-9(13-6-12-8)14-10-3-7-5-17-2-1-16(7)15-10/h3-4,6H,1-2,5H2,(H,12,13,14,15). The lowest BCUT2D eigenvalue weighted by Crippen LogP contribution is -2.16. The van der Waals surface area contributed by atoms with Gasteiger partial charge in [-0.05, 0) is 0 Å². The minimum Gasteiger partial charge on any atom is -0.373 e. The molecule has 1 N–H and O–H groups in total. The molecule has 17 heavy (non-hydrogen) atoms. The predicted molar refractivity (Wildman–Crippen MR) is 62.2 cm³/mol. The number of ether oxygens (including phenoxy) is 1. The molecule has 0 atom stereocenters. The highest BCUT2D eigenvalue weighted by atomic mass is 35.5. The summed E-state index contributed by atoms with van der Waals surface area (Å²) in [4.78, 5) is 7.87. The van der Waals surface area contributed by atoms with Crippen LogP contribution in [0.15, 0.2) is 18.5 Å². The van der Waals surface area contributed by atoms with E-state index in [1.165, 1.54) is 6.33 Å². The molecule has 2 aromatic heterocycles. The molecule has 3 heterocycles. The molecule has 0 saturated heterocycles. The van der Waals surface area contributed by atoms with Crippen molar-refractivity contribution in [2.75, 3.05) is 11.9 Å². The van der Waals surface area contributed by atoms with Gasteiger partial charge in [-0.2, -0.15) is 5.10 Å².